The van der Waals surface area contributed by atoms with E-state index in [0.29, 0.717) is 6.54 Å². The van der Waals surface area contributed by atoms with Gasteiger partial charge in [0.05, 0.1) is 5.60 Å². The minimum atomic E-state index is -0.375. The van der Waals surface area contributed by atoms with Crippen molar-refractivity contribution in [2.24, 2.45) is 0 Å². The van der Waals surface area contributed by atoms with E-state index < -0.39 is 0 Å². The highest BCUT2D eigenvalue weighted by molar-refractivity contribution is 5.94. The first-order valence-electron chi connectivity index (χ1n) is 5.67. The molecule has 1 aliphatic rings. The van der Waals surface area contributed by atoms with Gasteiger partial charge in [-0.1, -0.05) is 0 Å². The third-order valence-corrected chi connectivity index (χ3v) is 2.92. The fourth-order valence-corrected chi connectivity index (χ4v) is 1.90. The van der Waals surface area contributed by atoms with Gasteiger partial charge in [-0.25, -0.2) is 4.98 Å². The molecule has 1 amide bonds. The molecule has 1 aromatic rings. The molecular weight excluding hydrogens is 220 g/mol. The van der Waals surface area contributed by atoms with Crippen molar-refractivity contribution in [1.82, 2.24) is 10.3 Å². The second kappa shape index (κ2) is 4.71. The molecule has 0 spiro atoms. The van der Waals surface area contributed by atoms with Gasteiger partial charge < -0.3 is 15.2 Å². The minimum absolute atomic E-state index is 0.0501. The SMILES string of the molecule is CC1(CNC(=O)c2ncccc2O)CCCO1. The van der Waals surface area contributed by atoms with Gasteiger partial charge in [-0.3, -0.25) is 4.79 Å². The number of aromatic nitrogens is 1. The first-order chi connectivity index (χ1) is 8.11. The number of hydrogen-bond acceptors (Lipinski definition) is 4. The van der Waals surface area contributed by atoms with E-state index in [0.717, 1.165) is 19.4 Å². The van der Waals surface area contributed by atoms with Crippen molar-refractivity contribution < 1.29 is 14.6 Å². The summed E-state index contributed by atoms with van der Waals surface area (Å²) in [6.45, 7) is 3.14. The molecule has 2 N–H and O–H groups in total. The monoisotopic (exact) mass is 236 g/mol. The number of rotatable bonds is 3. The molecule has 1 aliphatic heterocycles. The second-order valence-corrected chi connectivity index (χ2v) is 4.46. The number of nitrogens with one attached hydrogen (secondary N) is 1. The largest absolute Gasteiger partial charge is 0.505 e. The summed E-state index contributed by atoms with van der Waals surface area (Å²) < 4.78 is 5.56. The highest BCUT2D eigenvalue weighted by Crippen LogP contribution is 2.24. The zero-order valence-corrected chi connectivity index (χ0v) is 9.77. The van der Waals surface area contributed by atoms with Gasteiger partial charge in [0.2, 0.25) is 0 Å². The van der Waals surface area contributed by atoms with Crippen LogP contribution in [0, 0.1) is 0 Å². The normalized spacial score (nSPS) is 23.6. The van der Waals surface area contributed by atoms with Crippen molar-refractivity contribution >= 4 is 5.91 Å². The van der Waals surface area contributed by atoms with Crippen LogP contribution in [-0.4, -0.2) is 34.8 Å². The lowest BCUT2D eigenvalue weighted by Gasteiger charge is -2.23. The Hall–Kier alpha value is -1.62. The van der Waals surface area contributed by atoms with E-state index in [-0.39, 0.29) is 23.0 Å². The maximum absolute atomic E-state index is 11.8. The molecule has 5 heteroatoms. The summed E-state index contributed by atoms with van der Waals surface area (Å²) in [5.41, 5.74) is -0.242. The molecule has 2 heterocycles. The standard InChI is InChI=1S/C12H16N2O3/c1-12(5-3-7-17-12)8-14-11(16)10-9(15)4-2-6-13-10/h2,4,6,15H,3,5,7-8H2,1H3,(H,14,16). The lowest BCUT2D eigenvalue weighted by molar-refractivity contribution is 0.0205. The molecule has 1 aromatic heterocycles. The van der Waals surface area contributed by atoms with E-state index in [4.69, 9.17) is 4.74 Å². The van der Waals surface area contributed by atoms with Crippen LogP contribution in [0.1, 0.15) is 30.3 Å². The van der Waals surface area contributed by atoms with E-state index in [1.807, 2.05) is 6.92 Å². The van der Waals surface area contributed by atoms with Gasteiger partial charge >= 0.3 is 0 Å². The number of aromatic hydroxyl groups is 1. The number of carbonyl (C=O) groups is 1. The second-order valence-electron chi connectivity index (χ2n) is 4.46. The maximum Gasteiger partial charge on any atom is 0.273 e. The summed E-state index contributed by atoms with van der Waals surface area (Å²) in [6, 6.07) is 3.02. The minimum Gasteiger partial charge on any atom is -0.505 e. The Morgan fingerprint density at radius 2 is 2.53 bits per heavy atom. The number of carbonyl (C=O) groups excluding carboxylic acids is 1. The number of ether oxygens (including phenoxy) is 1. The fourth-order valence-electron chi connectivity index (χ4n) is 1.90. The summed E-state index contributed by atoms with van der Waals surface area (Å²) in [5, 5.41) is 12.2. The Balaban J connectivity index is 1.96. The third kappa shape index (κ3) is 2.74. The van der Waals surface area contributed by atoms with Gasteiger partial charge in [0.15, 0.2) is 5.69 Å². The van der Waals surface area contributed by atoms with E-state index in [9.17, 15) is 9.90 Å². The summed E-state index contributed by atoms with van der Waals surface area (Å²) in [6.07, 6.45) is 3.42. The summed E-state index contributed by atoms with van der Waals surface area (Å²) in [5.74, 6) is -0.484. The molecule has 0 aromatic carbocycles. The summed E-state index contributed by atoms with van der Waals surface area (Å²) in [4.78, 5) is 15.6. The first-order valence-corrected chi connectivity index (χ1v) is 5.67. The smallest absolute Gasteiger partial charge is 0.273 e. The van der Waals surface area contributed by atoms with Crippen molar-refractivity contribution in [3.05, 3.63) is 24.0 Å². The Morgan fingerprint density at radius 3 is 3.18 bits per heavy atom. The molecule has 0 aliphatic carbocycles. The fraction of sp³-hybridized carbons (Fsp3) is 0.500. The van der Waals surface area contributed by atoms with Gasteiger partial charge in [0.1, 0.15) is 5.75 Å². The van der Waals surface area contributed by atoms with Crippen LogP contribution in [0.4, 0.5) is 0 Å². The summed E-state index contributed by atoms with van der Waals surface area (Å²) >= 11 is 0. The third-order valence-electron chi connectivity index (χ3n) is 2.92. The van der Waals surface area contributed by atoms with Gasteiger partial charge in [-0.2, -0.15) is 0 Å². The molecule has 1 unspecified atom stereocenters. The van der Waals surface area contributed by atoms with Crippen LogP contribution in [0.3, 0.4) is 0 Å². The van der Waals surface area contributed by atoms with Gasteiger partial charge in [-0.05, 0) is 31.9 Å². The number of hydrogen-bond donors (Lipinski definition) is 2. The van der Waals surface area contributed by atoms with Crippen molar-refractivity contribution in [3.63, 3.8) is 0 Å². The zero-order valence-electron chi connectivity index (χ0n) is 9.77. The van der Waals surface area contributed by atoms with Crippen LogP contribution < -0.4 is 5.32 Å². The number of amides is 1. The first kappa shape index (κ1) is 11.9. The van der Waals surface area contributed by atoms with Crippen molar-refractivity contribution in [1.29, 1.82) is 0 Å². The molecule has 0 saturated carbocycles. The van der Waals surface area contributed by atoms with Gasteiger partial charge in [-0.15, -0.1) is 0 Å². The lowest BCUT2D eigenvalue weighted by atomic mass is 10.0. The molecular formula is C12H16N2O3. The van der Waals surface area contributed by atoms with Gasteiger partial charge in [0, 0.05) is 19.3 Å². The predicted molar refractivity (Wildman–Crippen MR) is 61.8 cm³/mol. The van der Waals surface area contributed by atoms with Crippen LogP contribution in [-0.2, 0) is 4.74 Å². The molecule has 1 atom stereocenters. The molecule has 17 heavy (non-hydrogen) atoms. The van der Waals surface area contributed by atoms with Crippen molar-refractivity contribution in [2.75, 3.05) is 13.2 Å². The Bertz CT molecular complexity index is 414. The van der Waals surface area contributed by atoms with Crippen molar-refractivity contribution in [2.45, 2.75) is 25.4 Å². The Kier molecular flexibility index (Phi) is 3.28. The average molecular weight is 236 g/mol. The van der Waals surface area contributed by atoms with E-state index in [1.165, 1.54) is 12.3 Å². The van der Waals surface area contributed by atoms with Crippen LogP contribution in [0.15, 0.2) is 18.3 Å². The van der Waals surface area contributed by atoms with E-state index in [2.05, 4.69) is 10.3 Å². The van der Waals surface area contributed by atoms with Crippen molar-refractivity contribution in [3.8, 4) is 5.75 Å². The van der Waals surface area contributed by atoms with Crippen LogP contribution in [0.25, 0.3) is 0 Å². The molecule has 1 fully saturated rings. The molecule has 92 valence electrons. The molecule has 2 rings (SSSR count). The van der Waals surface area contributed by atoms with Gasteiger partial charge in [0.25, 0.3) is 5.91 Å². The molecule has 0 radical (unpaired) electrons. The van der Waals surface area contributed by atoms with Crippen LogP contribution in [0.5, 0.6) is 5.75 Å². The maximum atomic E-state index is 11.8. The molecule has 0 bridgehead atoms. The Labute approximate surface area is 99.8 Å². The topological polar surface area (TPSA) is 71.5 Å². The average Bonchev–Trinajstić information content (AvgIpc) is 2.74. The molecule has 1 saturated heterocycles. The number of pyridine rings is 1. The summed E-state index contributed by atoms with van der Waals surface area (Å²) in [7, 11) is 0. The quantitative estimate of drug-likeness (QED) is 0.824. The predicted octanol–water partition coefficient (Wildman–Crippen LogP) is 1.09. The van der Waals surface area contributed by atoms with E-state index in [1.54, 1.807) is 6.07 Å². The van der Waals surface area contributed by atoms with Crippen LogP contribution in [0.2, 0.25) is 0 Å². The number of nitrogens with zero attached hydrogens (tertiary/aromatic N) is 1. The van der Waals surface area contributed by atoms with Crippen LogP contribution >= 0.6 is 0 Å². The highest BCUT2D eigenvalue weighted by atomic mass is 16.5. The highest BCUT2D eigenvalue weighted by Gasteiger charge is 2.30. The zero-order chi connectivity index (χ0) is 12.3. The van der Waals surface area contributed by atoms with E-state index >= 15 is 0 Å². The Morgan fingerprint density at radius 1 is 1.71 bits per heavy atom. The lowest BCUT2D eigenvalue weighted by Crippen LogP contribution is -2.40. The molecule has 5 nitrogen and oxygen atoms in total.